The molecule has 138 valence electrons. The van der Waals surface area contributed by atoms with Gasteiger partial charge in [-0.2, -0.15) is 0 Å². The summed E-state index contributed by atoms with van der Waals surface area (Å²) in [5, 5.41) is 0. The second-order valence-electron chi connectivity index (χ2n) is 7.28. The van der Waals surface area contributed by atoms with Crippen LogP contribution in [0.15, 0.2) is 24.3 Å². The third-order valence-corrected chi connectivity index (χ3v) is 6.59. The molecule has 1 aromatic carbocycles. The molecule has 5 nitrogen and oxygen atoms in total. The van der Waals surface area contributed by atoms with E-state index in [-0.39, 0.29) is 35.4 Å². The first-order valence-corrected chi connectivity index (χ1v) is 9.92. The number of imide groups is 1. The third kappa shape index (κ3) is 2.72. The number of carbonyl (C=O) groups excluding carboxylic acids is 3. The molecule has 0 spiro atoms. The summed E-state index contributed by atoms with van der Waals surface area (Å²) in [5.74, 6) is -0.0778. The molecule has 1 aliphatic heterocycles. The maximum absolute atomic E-state index is 12.8. The number of halogens is 2. The number of nitrogens with zero attached hydrogens (tertiary/aromatic N) is 1. The van der Waals surface area contributed by atoms with Gasteiger partial charge in [-0.25, -0.2) is 4.79 Å². The highest BCUT2D eigenvalue weighted by atomic mass is 35.5. The smallest absolute Gasteiger partial charge is 0.338 e. The van der Waals surface area contributed by atoms with Crippen molar-refractivity contribution in [2.45, 2.75) is 25.4 Å². The fourth-order valence-corrected chi connectivity index (χ4v) is 5.19. The summed E-state index contributed by atoms with van der Waals surface area (Å²) in [5.41, 5.74) is 0.838. The van der Waals surface area contributed by atoms with Gasteiger partial charge in [-0.1, -0.05) is 0 Å². The number of hydrogen-bond donors (Lipinski definition) is 0. The van der Waals surface area contributed by atoms with Crippen LogP contribution < -0.4 is 4.90 Å². The van der Waals surface area contributed by atoms with Gasteiger partial charge in [-0.3, -0.25) is 14.5 Å². The Morgan fingerprint density at radius 3 is 2.08 bits per heavy atom. The molecule has 4 atom stereocenters. The van der Waals surface area contributed by atoms with Crippen molar-refractivity contribution in [1.82, 2.24) is 0 Å². The number of esters is 1. The highest BCUT2D eigenvalue weighted by Gasteiger charge is 2.61. The minimum Gasteiger partial charge on any atom is -0.456 e. The zero-order valence-corrected chi connectivity index (χ0v) is 15.6. The molecule has 26 heavy (non-hydrogen) atoms. The summed E-state index contributed by atoms with van der Waals surface area (Å²) < 4.78 is 5.19. The molecule has 3 aliphatic rings. The van der Waals surface area contributed by atoms with E-state index in [9.17, 15) is 14.4 Å². The normalized spacial score (nSPS) is 29.6. The van der Waals surface area contributed by atoms with Crippen molar-refractivity contribution in [3.8, 4) is 0 Å². The number of rotatable bonds is 5. The molecule has 1 saturated heterocycles. The van der Waals surface area contributed by atoms with Crippen LogP contribution in [0.2, 0.25) is 0 Å². The molecule has 4 rings (SSSR count). The molecule has 0 N–H and O–H groups in total. The van der Waals surface area contributed by atoms with E-state index in [1.54, 1.807) is 24.3 Å². The van der Waals surface area contributed by atoms with Crippen molar-refractivity contribution >= 4 is 46.7 Å². The van der Waals surface area contributed by atoms with Crippen LogP contribution in [0, 0.1) is 23.7 Å². The van der Waals surface area contributed by atoms with Gasteiger partial charge < -0.3 is 4.74 Å². The van der Waals surface area contributed by atoms with Crippen LogP contribution >= 0.6 is 23.2 Å². The molecule has 2 bridgehead atoms. The molecular weight excluding hydrogens is 377 g/mol. The van der Waals surface area contributed by atoms with E-state index in [4.69, 9.17) is 27.9 Å². The van der Waals surface area contributed by atoms with E-state index in [0.717, 1.165) is 19.3 Å². The maximum atomic E-state index is 12.8. The predicted octanol–water partition coefficient (Wildman–Crippen LogP) is 3.23. The molecule has 7 heteroatoms. The van der Waals surface area contributed by atoms with Gasteiger partial charge in [0.2, 0.25) is 11.8 Å². The Hall–Kier alpha value is -1.59. The highest BCUT2D eigenvalue weighted by molar-refractivity contribution is 6.23. The summed E-state index contributed by atoms with van der Waals surface area (Å²) in [7, 11) is 0. The first-order valence-electron chi connectivity index (χ1n) is 8.86. The SMILES string of the molecule is O=C(OC(CCl)CCl)c1ccc(N2C(=O)[C@@H]3[C@H]4CC[C@H](C4)[C@@H]3C2=O)cc1. The number of carbonyl (C=O) groups is 3. The molecule has 2 aliphatic carbocycles. The largest absolute Gasteiger partial charge is 0.456 e. The Morgan fingerprint density at radius 1 is 1.04 bits per heavy atom. The van der Waals surface area contributed by atoms with E-state index in [1.165, 1.54) is 4.90 Å². The molecule has 0 radical (unpaired) electrons. The van der Waals surface area contributed by atoms with Gasteiger partial charge in [0.25, 0.3) is 0 Å². The summed E-state index contributed by atoms with van der Waals surface area (Å²) in [4.78, 5) is 39.0. The number of alkyl halides is 2. The van der Waals surface area contributed by atoms with Crippen molar-refractivity contribution in [3.63, 3.8) is 0 Å². The van der Waals surface area contributed by atoms with Crippen LogP contribution in [0.3, 0.4) is 0 Å². The van der Waals surface area contributed by atoms with E-state index in [2.05, 4.69) is 0 Å². The van der Waals surface area contributed by atoms with Crippen LogP contribution in [-0.4, -0.2) is 35.6 Å². The minimum atomic E-state index is -0.554. The second-order valence-corrected chi connectivity index (χ2v) is 7.90. The first kappa shape index (κ1) is 17.8. The minimum absolute atomic E-state index is 0.0909. The van der Waals surface area contributed by atoms with Crippen molar-refractivity contribution in [2.75, 3.05) is 16.7 Å². The summed E-state index contributed by atoms with van der Waals surface area (Å²) in [6.45, 7) is 0. The van der Waals surface area contributed by atoms with Crippen molar-refractivity contribution in [2.24, 2.45) is 23.7 Å². The number of anilines is 1. The van der Waals surface area contributed by atoms with Crippen LogP contribution in [0.4, 0.5) is 5.69 Å². The lowest BCUT2D eigenvalue weighted by Gasteiger charge is -2.19. The molecule has 0 unspecified atom stereocenters. The Bertz CT molecular complexity index is 718. The zero-order valence-electron chi connectivity index (χ0n) is 14.1. The van der Waals surface area contributed by atoms with E-state index in [0.29, 0.717) is 23.1 Å². The highest BCUT2D eigenvalue weighted by Crippen LogP contribution is 2.56. The van der Waals surface area contributed by atoms with Crippen LogP contribution in [-0.2, 0) is 14.3 Å². The molecule has 3 fully saturated rings. The number of benzene rings is 1. The van der Waals surface area contributed by atoms with E-state index in [1.807, 2.05) is 0 Å². The van der Waals surface area contributed by atoms with Gasteiger partial charge in [0.1, 0.15) is 6.10 Å². The Labute approximate surface area is 161 Å². The quantitative estimate of drug-likeness (QED) is 0.436. The van der Waals surface area contributed by atoms with Gasteiger partial charge in [-0.05, 0) is 55.4 Å². The molecule has 2 saturated carbocycles. The lowest BCUT2D eigenvalue weighted by atomic mass is 9.81. The molecule has 1 heterocycles. The fourth-order valence-electron chi connectivity index (χ4n) is 4.73. The third-order valence-electron chi connectivity index (χ3n) is 5.91. The molecular formula is C19H19Cl2NO4. The standard InChI is InChI=1S/C19H19Cl2NO4/c20-8-14(9-21)26-19(25)10-3-5-13(6-4-10)22-17(23)15-11-1-2-12(7-11)16(15)18(22)24/h3-6,11-12,14-16H,1-2,7-9H2/t11-,12+,15+,16-. The Balaban J connectivity index is 1.52. The van der Waals surface area contributed by atoms with Gasteiger partial charge in [-0.15, -0.1) is 23.2 Å². The van der Waals surface area contributed by atoms with E-state index >= 15 is 0 Å². The van der Waals surface area contributed by atoms with Gasteiger partial charge in [0, 0.05) is 0 Å². The monoisotopic (exact) mass is 395 g/mol. The Morgan fingerprint density at radius 2 is 1.58 bits per heavy atom. The van der Waals surface area contributed by atoms with Crippen molar-refractivity contribution < 1.29 is 19.1 Å². The van der Waals surface area contributed by atoms with E-state index < -0.39 is 12.1 Å². The summed E-state index contributed by atoms with van der Waals surface area (Å²) in [6.07, 6.45) is 2.55. The molecule has 2 amide bonds. The van der Waals surface area contributed by atoms with Crippen molar-refractivity contribution in [1.29, 1.82) is 0 Å². The topological polar surface area (TPSA) is 63.7 Å². The summed E-state index contributed by atoms with van der Waals surface area (Å²) in [6, 6.07) is 6.35. The summed E-state index contributed by atoms with van der Waals surface area (Å²) >= 11 is 11.3. The molecule has 1 aromatic rings. The number of ether oxygens (including phenoxy) is 1. The molecule has 0 aromatic heterocycles. The van der Waals surface area contributed by atoms with Gasteiger partial charge in [0.05, 0.1) is 34.8 Å². The van der Waals surface area contributed by atoms with Crippen molar-refractivity contribution in [3.05, 3.63) is 29.8 Å². The lowest BCUT2D eigenvalue weighted by Crippen LogP contribution is -2.32. The number of hydrogen-bond acceptors (Lipinski definition) is 4. The number of amides is 2. The van der Waals surface area contributed by atoms with Crippen LogP contribution in [0.1, 0.15) is 29.6 Å². The predicted molar refractivity (Wildman–Crippen MR) is 97.4 cm³/mol. The fraction of sp³-hybridized carbons (Fsp3) is 0.526. The number of fused-ring (bicyclic) bond motifs is 5. The van der Waals surface area contributed by atoms with Gasteiger partial charge in [0.15, 0.2) is 0 Å². The maximum Gasteiger partial charge on any atom is 0.338 e. The first-order chi connectivity index (χ1) is 12.5. The van der Waals surface area contributed by atoms with Crippen LogP contribution in [0.25, 0.3) is 0 Å². The lowest BCUT2D eigenvalue weighted by molar-refractivity contribution is -0.123. The zero-order chi connectivity index (χ0) is 18.4. The second kappa shape index (κ2) is 6.86. The van der Waals surface area contributed by atoms with Crippen LogP contribution in [0.5, 0.6) is 0 Å². The van der Waals surface area contributed by atoms with Gasteiger partial charge >= 0.3 is 5.97 Å². The Kier molecular flexibility index (Phi) is 4.70. The average molecular weight is 396 g/mol. The average Bonchev–Trinajstić information content (AvgIpc) is 3.33.